The molecule has 2 aromatic rings. The summed E-state index contributed by atoms with van der Waals surface area (Å²) in [6, 6.07) is 9.75. The van der Waals surface area contributed by atoms with Crippen molar-refractivity contribution in [3.8, 4) is 11.5 Å². The van der Waals surface area contributed by atoms with E-state index in [4.69, 9.17) is 8.92 Å². The number of hydrogen-bond donors (Lipinski definition) is 0. The van der Waals surface area contributed by atoms with Crippen LogP contribution in [0.3, 0.4) is 0 Å². The van der Waals surface area contributed by atoms with Crippen molar-refractivity contribution >= 4 is 15.8 Å². The first-order valence-electron chi connectivity index (χ1n) is 6.17. The van der Waals surface area contributed by atoms with Gasteiger partial charge in [0, 0.05) is 12.1 Å². The van der Waals surface area contributed by atoms with Gasteiger partial charge in [0.25, 0.3) is 5.69 Å². The van der Waals surface area contributed by atoms with Gasteiger partial charge < -0.3 is 8.92 Å². The molecule has 0 radical (unpaired) electrons. The first-order valence-corrected chi connectivity index (χ1v) is 7.58. The molecule has 0 aliphatic heterocycles. The van der Waals surface area contributed by atoms with Gasteiger partial charge >= 0.3 is 10.1 Å². The molecule has 0 aliphatic rings. The quantitative estimate of drug-likeness (QED) is 0.477. The molecule has 0 unspecified atom stereocenters. The van der Waals surface area contributed by atoms with Crippen molar-refractivity contribution in [1.29, 1.82) is 0 Å². The third-order valence-corrected chi connectivity index (χ3v) is 4.30. The van der Waals surface area contributed by atoms with Crippen LogP contribution in [0.4, 0.5) is 5.69 Å². The van der Waals surface area contributed by atoms with E-state index in [2.05, 4.69) is 0 Å². The molecule has 0 amide bonds. The summed E-state index contributed by atoms with van der Waals surface area (Å²) in [6.07, 6.45) is 0. The number of ether oxygens (including phenoxy) is 1. The van der Waals surface area contributed by atoms with E-state index < -0.39 is 15.0 Å². The fourth-order valence-corrected chi connectivity index (χ4v) is 3.03. The second-order valence-electron chi connectivity index (χ2n) is 4.40. The Labute approximate surface area is 127 Å². The molecule has 116 valence electrons. The van der Waals surface area contributed by atoms with Gasteiger partial charge in [0.2, 0.25) is 0 Å². The minimum absolute atomic E-state index is 0.0442. The monoisotopic (exact) mass is 323 g/mol. The van der Waals surface area contributed by atoms with Crippen molar-refractivity contribution in [3.05, 3.63) is 58.1 Å². The van der Waals surface area contributed by atoms with Crippen molar-refractivity contribution < 1.29 is 22.3 Å². The number of hydrogen-bond acceptors (Lipinski definition) is 6. The average Bonchev–Trinajstić information content (AvgIpc) is 2.46. The third-order valence-electron chi connectivity index (χ3n) is 2.91. The molecule has 0 spiro atoms. The van der Waals surface area contributed by atoms with Crippen LogP contribution in [0.25, 0.3) is 0 Å². The van der Waals surface area contributed by atoms with Crippen molar-refractivity contribution in [1.82, 2.24) is 0 Å². The van der Waals surface area contributed by atoms with Crippen LogP contribution in [0.2, 0.25) is 0 Å². The molecule has 2 aromatic carbocycles. The summed E-state index contributed by atoms with van der Waals surface area (Å²) < 4.78 is 34.7. The Morgan fingerprint density at radius 3 is 2.27 bits per heavy atom. The second-order valence-corrected chi connectivity index (χ2v) is 5.91. The van der Waals surface area contributed by atoms with Gasteiger partial charge in [0.05, 0.1) is 12.0 Å². The van der Waals surface area contributed by atoms with Crippen LogP contribution in [0.1, 0.15) is 5.56 Å². The number of non-ortho nitro benzene ring substituents is 1. The predicted octanol–water partition coefficient (Wildman–Crippen LogP) is 2.68. The van der Waals surface area contributed by atoms with Crippen molar-refractivity contribution in [2.75, 3.05) is 7.11 Å². The van der Waals surface area contributed by atoms with Crippen LogP contribution in [0.15, 0.2) is 47.4 Å². The topological polar surface area (TPSA) is 95.7 Å². The third kappa shape index (κ3) is 3.17. The Morgan fingerprint density at radius 2 is 1.73 bits per heavy atom. The summed E-state index contributed by atoms with van der Waals surface area (Å²) in [5, 5.41) is 10.7. The fraction of sp³-hybridized carbons (Fsp3) is 0.143. The molecular formula is C14H13NO6S. The molecule has 8 heteroatoms. The number of benzene rings is 2. The van der Waals surface area contributed by atoms with Gasteiger partial charge in [0.15, 0.2) is 11.5 Å². The normalized spacial score (nSPS) is 11.0. The van der Waals surface area contributed by atoms with Crippen molar-refractivity contribution in [2.24, 2.45) is 0 Å². The van der Waals surface area contributed by atoms with E-state index in [0.29, 0.717) is 0 Å². The lowest BCUT2D eigenvalue weighted by Gasteiger charge is -2.11. The molecule has 7 nitrogen and oxygen atoms in total. The Balaban J connectivity index is 2.41. The van der Waals surface area contributed by atoms with Crippen LogP contribution in [0.5, 0.6) is 11.5 Å². The van der Waals surface area contributed by atoms with Gasteiger partial charge in [-0.2, -0.15) is 8.42 Å². The molecule has 22 heavy (non-hydrogen) atoms. The van der Waals surface area contributed by atoms with Gasteiger partial charge in [-0.15, -0.1) is 0 Å². The Bertz CT molecular complexity index is 816. The number of rotatable bonds is 5. The molecule has 0 aromatic heterocycles. The zero-order valence-corrected chi connectivity index (χ0v) is 12.7. The minimum atomic E-state index is -4.12. The summed E-state index contributed by atoms with van der Waals surface area (Å²) in [5.74, 6) is 0.313. The maximum Gasteiger partial charge on any atom is 0.339 e. The smallest absolute Gasteiger partial charge is 0.339 e. The summed E-state index contributed by atoms with van der Waals surface area (Å²) >= 11 is 0. The van der Waals surface area contributed by atoms with E-state index in [1.165, 1.54) is 26.2 Å². The van der Waals surface area contributed by atoms with Crippen LogP contribution >= 0.6 is 0 Å². The van der Waals surface area contributed by atoms with Crippen LogP contribution in [0, 0.1) is 17.0 Å². The van der Waals surface area contributed by atoms with Gasteiger partial charge in [-0.25, -0.2) is 0 Å². The minimum Gasteiger partial charge on any atom is -0.493 e. The standard InChI is InChI=1S/C14H13NO6S/c1-10-9-11(15(16)17)7-8-14(10)22(18,19)21-13-6-4-3-5-12(13)20-2/h3-9H,1-2H3. The molecule has 0 atom stereocenters. The lowest BCUT2D eigenvalue weighted by molar-refractivity contribution is -0.385. The van der Waals surface area contributed by atoms with E-state index in [-0.39, 0.29) is 27.6 Å². The first-order chi connectivity index (χ1) is 10.3. The molecular weight excluding hydrogens is 310 g/mol. The summed E-state index contributed by atoms with van der Waals surface area (Å²) in [6.45, 7) is 1.46. The lowest BCUT2D eigenvalue weighted by atomic mass is 10.2. The zero-order valence-electron chi connectivity index (χ0n) is 11.8. The van der Waals surface area contributed by atoms with E-state index in [1.54, 1.807) is 18.2 Å². The molecule has 0 bridgehead atoms. The van der Waals surface area contributed by atoms with Crippen LogP contribution in [-0.4, -0.2) is 20.5 Å². The van der Waals surface area contributed by atoms with Gasteiger partial charge in [-0.1, -0.05) is 12.1 Å². The molecule has 0 aliphatic carbocycles. The van der Waals surface area contributed by atoms with Crippen molar-refractivity contribution in [2.45, 2.75) is 11.8 Å². The Morgan fingerprint density at radius 1 is 1.09 bits per heavy atom. The SMILES string of the molecule is COc1ccccc1OS(=O)(=O)c1ccc([N+](=O)[O-])cc1C. The highest BCUT2D eigenvalue weighted by atomic mass is 32.2. The molecule has 0 saturated carbocycles. The highest BCUT2D eigenvalue weighted by Crippen LogP contribution is 2.30. The van der Waals surface area contributed by atoms with Crippen LogP contribution in [-0.2, 0) is 10.1 Å². The van der Waals surface area contributed by atoms with E-state index >= 15 is 0 Å². The first kappa shape index (κ1) is 15.8. The average molecular weight is 323 g/mol. The highest BCUT2D eigenvalue weighted by Gasteiger charge is 2.22. The Kier molecular flexibility index (Phi) is 4.32. The number of methoxy groups -OCH3 is 1. The van der Waals surface area contributed by atoms with Gasteiger partial charge in [-0.3, -0.25) is 10.1 Å². The maximum absolute atomic E-state index is 12.3. The summed E-state index contributed by atoms with van der Waals surface area (Å²) in [5.41, 5.74) is 0.0397. The zero-order chi connectivity index (χ0) is 16.3. The number of aryl methyl sites for hydroxylation is 1. The van der Waals surface area contributed by atoms with Crippen LogP contribution < -0.4 is 8.92 Å². The maximum atomic E-state index is 12.3. The lowest BCUT2D eigenvalue weighted by Crippen LogP contribution is -2.12. The predicted molar refractivity (Wildman–Crippen MR) is 78.6 cm³/mol. The number of nitro groups is 1. The van der Waals surface area contributed by atoms with E-state index in [0.717, 1.165) is 12.1 Å². The summed E-state index contributed by atoms with van der Waals surface area (Å²) in [7, 11) is -2.73. The largest absolute Gasteiger partial charge is 0.493 e. The van der Waals surface area contributed by atoms with Crippen molar-refractivity contribution in [3.63, 3.8) is 0 Å². The molecule has 0 fully saturated rings. The second kappa shape index (κ2) is 6.02. The molecule has 0 N–H and O–H groups in total. The van der Waals surface area contributed by atoms with E-state index in [9.17, 15) is 18.5 Å². The molecule has 2 rings (SSSR count). The van der Waals surface area contributed by atoms with Gasteiger partial charge in [0.1, 0.15) is 4.90 Å². The van der Waals surface area contributed by atoms with Gasteiger partial charge in [-0.05, 0) is 30.7 Å². The summed E-state index contributed by atoms with van der Waals surface area (Å²) in [4.78, 5) is 9.97. The highest BCUT2D eigenvalue weighted by molar-refractivity contribution is 7.87. The fourth-order valence-electron chi connectivity index (χ4n) is 1.88. The number of nitrogens with zero attached hydrogens (tertiary/aromatic N) is 1. The molecule has 0 heterocycles. The number of nitro benzene ring substituents is 1. The van der Waals surface area contributed by atoms with E-state index in [1.807, 2.05) is 0 Å². The number of para-hydroxylation sites is 2. The Hall–Kier alpha value is -2.61. The molecule has 0 saturated heterocycles.